The topological polar surface area (TPSA) is 110 Å². The van der Waals surface area contributed by atoms with Gasteiger partial charge in [0.1, 0.15) is 6.04 Å². The standard InChI is InChI=1S/C9H19N3O3/c1-2-3-4-5-12(11)7(9(14)15)6-8(10)13/h7H,2-6,11H2,1H3,(H2,10,13)(H,14,15). The molecule has 0 rings (SSSR count). The Balaban J connectivity index is 4.10. The van der Waals surface area contributed by atoms with Crippen LogP contribution in [0.2, 0.25) is 0 Å². The Morgan fingerprint density at radius 3 is 2.40 bits per heavy atom. The number of nitrogens with zero attached hydrogens (tertiary/aromatic N) is 1. The maximum Gasteiger partial charge on any atom is 0.322 e. The van der Waals surface area contributed by atoms with Gasteiger partial charge >= 0.3 is 5.97 Å². The second-order valence-corrected chi connectivity index (χ2v) is 3.47. The fourth-order valence-electron chi connectivity index (χ4n) is 1.24. The Kier molecular flexibility index (Phi) is 6.64. The van der Waals surface area contributed by atoms with Crippen molar-refractivity contribution in [2.24, 2.45) is 11.6 Å². The normalized spacial score (nSPS) is 12.7. The largest absolute Gasteiger partial charge is 0.480 e. The molecular weight excluding hydrogens is 198 g/mol. The van der Waals surface area contributed by atoms with E-state index in [-0.39, 0.29) is 6.42 Å². The molecular formula is C9H19N3O3. The lowest BCUT2D eigenvalue weighted by Crippen LogP contribution is -2.48. The molecule has 1 atom stereocenters. The lowest BCUT2D eigenvalue weighted by Gasteiger charge is -2.22. The number of amides is 1. The Labute approximate surface area is 89.2 Å². The number of hydrazine groups is 1. The summed E-state index contributed by atoms with van der Waals surface area (Å²) in [5.41, 5.74) is 4.94. The third-order valence-corrected chi connectivity index (χ3v) is 2.10. The minimum absolute atomic E-state index is 0.252. The minimum Gasteiger partial charge on any atom is -0.480 e. The molecule has 0 heterocycles. The zero-order valence-electron chi connectivity index (χ0n) is 8.98. The van der Waals surface area contributed by atoms with Crippen LogP contribution >= 0.6 is 0 Å². The van der Waals surface area contributed by atoms with Gasteiger partial charge in [-0.1, -0.05) is 19.8 Å². The molecule has 0 aromatic rings. The Bertz CT molecular complexity index is 221. The lowest BCUT2D eigenvalue weighted by molar-refractivity contribution is -0.145. The maximum atomic E-state index is 10.8. The number of aliphatic carboxylic acids is 1. The van der Waals surface area contributed by atoms with E-state index in [2.05, 4.69) is 0 Å². The van der Waals surface area contributed by atoms with Crippen molar-refractivity contribution in [3.63, 3.8) is 0 Å². The van der Waals surface area contributed by atoms with Crippen LogP contribution in [0.4, 0.5) is 0 Å². The molecule has 0 aromatic carbocycles. The molecule has 0 bridgehead atoms. The summed E-state index contributed by atoms with van der Waals surface area (Å²) in [6, 6.07) is -1.01. The molecule has 0 aliphatic rings. The van der Waals surface area contributed by atoms with Gasteiger partial charge in [-0.15, -0.1) is 0 Å². The van der Waals surface area contributed by atoms with Crippen molar-refractivity contribution in [2.45, 2.75) is 38.6 Å². The predicted molar refractivity (Wildman–Crippen MR) is 55.7 cm³/mol. The van der Waals surface area contributed by atoms with Crippen LogP contribution < -0.4 is 11.6 Å². The van der Waals surface area contributed by atoms with Crippen molar-refractivity contribution in [3.05, 3.63) is 0 Å². The number of nitrogens with two attached hydrogens (primary N) is 2. The zero-order chi connectivity index (χ0) is 11.8. The highest BCUT2D eigenvalue weighted by Gasteiger charge is 2.24. The van der Waals surface area contributed by atoms with E-state index in [1.54, 1.807) is 0 Å². The van der Waals surface area contributed by atoms with Crippen molar-refractivity contribution >= 4 is 11.9 Å². The monoisotopic (exact) mass is 217 g/mol. The van der Waals surface area contributed by atoms with Crippen molar-refractivity contribution in [2.75, 3.05) is 6.54 Å². The molecule has 0 saturated heterocycles. The van der Waals surface area contributed by atoms with Gasteiger partial charge in [0.15, 0.2) is 0 Å². The second kappa shape index (κ2) is 7.19. The fourth-order valence-corrected chi connectivity index (χ4v) is 1.24. The summed E-state index contributed by atoms with van der Waals surface area (Å²) in [7, 11) is 0. The number of unbranched alkanes of at least 4 members (excludes halogenated alkanes) is 2. The molecule has 5 N–H and O–H groups in total. The van der Waals surface area contributed by atoms with E-state index < -0.39 is 17.9 Å². The van der Waals surface area contributed by atoms with Crippen molar-refractivity contribution in [3.8, 4) is 0 Å². The van der Waals surface area contributed by atoms with Crippen LogP contribution in [0.25, 0.3) is 0 Å². The summed E-state index contributed by atoms with van der Waals surface area (Å²) in [6.45, 7) is 2.50. The molecule has 0 aliphatic carbocycles. The number of carbonyl (C=O) groups excluding carboxylic acids is 1. The maximum absolute atomic E-state index is 10.8. The third kappa shape index (κ3) is 6.03. The molecule has 0 aliphatic heterocycles. The van der Waals surface area contributed by atoms with E-state index in [0.717, 1.165) is 19.3 Å². The molecule has 6 heteroatoms. The highest BCUT2D eigenvalue weighted by molar-refractivity contribution is 5.83. The van der Waals surface area contributed by atoms with Crippen LogP contribution in [0, 0.1) is 0 Å². The Hall–Kier alpha value is -1.14. The van der Waals surface area contributed by atoms with E-state index in [4.69, 9.17) is 16.7 Å². The van der Waals surface area contributed by atoms with Gasteiger partial charge in [0, 0.05) is 6.54 Å². The summed E-state index contributed by atoms with van der Waals surface area (Å²) in [5.74, 6) is 3.78. The predicted octanol–water partition coefficient (Wildman–Crippen LogP) is -0.319. The van der Waals surface area contributed by atoms with Crippen LogP contribution in [-0.4, -0.2) is 34.6 Å². The minimum atomic E-state index is -1.12. The molecule has 0 radical (unpaired) electrons. The smallest absolute Gasteiger partial charge is 0.322 e. The van der Waals surface area contributed by atoms with Gasteiger partial charge in [0.25, 0.3) is 0 Å². The molecule has 0 fully saturated rings. The number of hydrogen-bond acceptors (Lipinski definition) is 4. The number of carboxylic acid groups (broad SMARTS) is 1. The van der Waals surface area contributed by atoms with Gasteiger partial charge in [-0.3, -0.25) is 15.4 Å². The van der Waals surface area contributed by atoms with E-state index in [1.807, 2.05) is 6.92 Å². The number of carbonyl (C=O) groups is 2. The van der Waals surface area contributed by atoms with Crippen LogP contribution in [-0.2, 0) is 9.59 Å². The van der Waals surface area contributed by atoms with E-state index >= 15 is 0 Å². The molecule has 88 valence electrons. The summed E-state index contributed by atoms with van der Waals surface area (Å²) in [5, 5.41) is 9.99. The number of rotatable bonds is 8. The van der Waals surface area contributed by atoms with E-state index in [9.17, 15) is 9.59 Å². The van der Waals surface area contributed by atoms with Gasteiger partial charge in [0.05, 0.1) is 6.42 Å². The van der Waals surface area contributed by atoms with Gasteiger partial charge in [-0.05, 0) is 6.42 Å². The molecule has 6 nitrogen and oxygen atoms in total. The molecule has 0 aromatic heterocycles. The summed E-state index contributed by atoms with van der Waals surface area (Å²) in [4.78, 5) is 21.4. The van der Waals surface area contributed by atoms with Crippen LogP contribution in [0.15, 0.2) is 0 Å². The fraction of sp³-hybridized carbons (Fsp3) is 0.778. The summed E-state index contributed by atoms with van der Waals surface area (Å²) in [6.07, 6.45) is 2.57. The quantitative estimate of drug-likeness (QED) is 0.293. The van der Waals surface area contributed by atoms with Crippen molar-refractivity contribution in [1.29, 1.82) is 0 Å². The molecule has 1 amide bonds. The number of hydrogen-bond donors (Lipinski definition) is 3. The zero-order valence-corrected chi connectivity index (χ0v) is 8.98. The first-order chi connectivity index (χ1) is 6.99. The summed E-state index contributed by atoms with van der Waals surface area (Å²) < 4.78 is 0. The molecule has 0 saturated carbocycles. The van der Waals surface area contributed by atoms with Gasteiger partial charge in [-0.2, -0.15) is 0 Å². The average Bonchev–Trinajstić information content (AvgIpc) is 2.13. The lowest BCUT2D eigenvalue weighted by atomic mass is 10.1. The SMILES string of the molecule is CCCCCN(N)C(CC(N)=O)C(=O)O. The van der Waals surface area contributed by atoms with Crippen molar-refractivity contribution in [1.82, 2.24) is 5.01 Å². The van der Waals surface area contributed by atoms with Gasteiger partial charge in [0.2, 0.25) is 5.91 Å². The highest BCUT2D eigenvalue weighted by Crippen LogP contribution is 2.03. The van der Waals surface area contributed by atoms with Crippen LogP contribution in [0.5, 0.6) is 0 Å². The van der Waals surface area contributed by atoms with Crippen molar-refractivity contribution < 1.29 is 14.7 Å². The van der Waals surface area contributed by atoms with E-state index in [1.165, 1.54) is 5.01 Å². The Morgan fingerprint density at radius 1 is 1.40 bits per heavy atom. The molecule has 15 heavy (non-hydrogen) atoms. The van der Waals surface area contributed by atoms with E-state index in [0.29, 0.717) is 6.54 Å². The first kappa shape index (κ1) is 13.9. The molecule has 1 unspecified atom stereocenters. The highest BCUT2D eigenvalue weighted by atomic mass is 16.4. The number of primary amides is 1. The second-order valence-electron chi connectivity index (χ2n) is 3.47. The van der Waals surface area contributed by atoms with Gasteiger partial charge < -0.3 is 10.8 Å². The first-order valence-corrected chi connectivity index (χ1v) is 5.01. The number of carboxylic acids is 1. The van der Waals surface area contributed by atoms with Crippen LogP contribution in [0.1, 0.15) is 32.6 Å². The summed E-state index contributed by atoms with van der Waals surface area (Å²) >= 11 is 0. The van der Waals surface area contributed by atoms with Crippen LogP contribution in [0.3, 0.4) is 0 Å². The average molecular weight is 217 g/mol. The molecule has 0 spiro atoms. The first-order valence-electron chi connectivity index (χ1n) is 5.01. The van der Waals surface area contributed by atoms with Gasteiger partial charge in [-0.25, -0.2) is 5.01 Å². The Morgan fingerprint density at radius 2 is 2.00 bits per heavy atom. The third-order valence-electron chi connectivity index (χ3n) is 2.10.